The fourth-order valence-corrected chi connectivity index (χ4v) is 1.12. The molecule has 1 aromatic rings. The Bertz CT molecular complexity index is 401. The van der Waals surface area contributed by atoms with Gasteiger partial charge in [0.05, 0.1) is 6.54 Å². The summed E-state index contributed by atoms with van der Waals surface area (Å²) < 4.78 is 0. The minimum atomic E-state index is -0.266. The van der Waals surface area contributed by atoms with Crippen molar-refractivity contribution in [1.29, 1.82) is 0 Å². The lowest BCUT2D eigenvalue weighted by Gasteiger charge is -2.04. The summed E-state index contributed by atoms with van der Waals surface area (Å²) in [7, 11) is 0. The molecule has 5 nitrogen and oxygen atoms in total. The van der Waals surface area contributed by atoms with Crippen molar-refractivity contribution in [3.05, 3.63) is 40.3 Å². The van der Waals surface area contributed by atoms with Gasteiger partial charge in [-0.3, -0.25) is 4.79 Å². The largest absolute Gasteiger partial charge is 0.325 e. The van der Waals surface area contributed by atoms with E-state index in [0.29, 0.717) is 5.69 Å². The summed E-state index contributed by atoms with van der Waals surface area (Å²) in [5, 5.41) is 6.03. The summed E-state index contributed by atoms with van der Waals surface area (Å²) in [6.45, 7) is 0.265. The molecule has 1 aromatic carbocycles. The summed E-state index contributed by atoms with van der Waals surface area (Å²) in [6.07, 6.45) is 0. The number of nitrogens with zero attached hydrogens (tertiary/aromatic N) is 3. The van der Waals surface area contributed by atoms with Gasteiger partial charge in [0.25, 0.3) is 0 Å². The van der Waals surface area contributed by atoms with Gasteiger partial charge in [0, 0.05) is 10.6 Å². The molecule has 0 heterocycles. The van der Waals surface area contributed by atoms with Crippen LogP contribution in [-0.2, 0) is 11.3 Å². The first-order valence-electron chi connectivity index (χ1n) is 4.22. The first kappa shape index (κ1) is 11.4. The molecule has 0 atom stereocenters. The summed E-state index contributed by atoms with van der Waals surface area (Å²) in [5.74, 6) is -0.349. The second kappa shape index (κ2) is 5.90. The fraction of sp³-hybridized carbons (Fsp3) is 0.222. The Balaban J connectivity index is 2.73. The Morgan fingerprint density at radius 3 is 3.07 bits per heavy atom. The summed E-state index contributed by atoms with van der Waals surface area (Å²) >= 11 is 5.35. The third kappa shape index (κ3) is 3.89. The van der Waals surface area contributed by atoms with Gasteiger partial charge in [-0.05, 0) is 23.2 Å². The normalized spacial score (nSPS) is 9.13. The first-order valence-corrected chi connectivity index (χ1v) is 4.75. The van der Waals surface area contributed by atoms with Gasteiger partial charge in [0.2, 0.25) is 5.91 Å². The molecule has 0 aliphatic rings. The van der Waals surface area contributed by atoms with Crippen molar-refractivity contribution in [3.63, 3.8) is 0 Å². The molecule has 0 bridgehead atoms. The van der Waals surface area contributed by atoms with Crippen LogP contribution < -0.4 is 5.32 Å². The van der Waals surface area contributed by atoms with Crippen molar-refractivity contribution in [1.82, 2.24) is 0 Å². The van der Waals surface area contributed by atoms with Crippen molar-refractivity contribution < 1.29 is 4.79 Å². The van der Waals surface area contributed by atoms with Crippen LogP contribution in [0.4, 0.5) is 5.69 Å². The van der Waals surface area contributed by atoms with Crippen molar-refractivity contribution >= 4 is 23.2 Å². The van der Waals surface area contributed by atoms with Crippen LogP contribution in [-0.4, -0.2) is 11.8 Å². The number of rotatable bonds is 4. The van der Waals surface area contributed by atoms with Crippen LogP contribution in [0.3, 0.4) is 0 Å². The molecule has 1 rings (SSSR count). The number of anilines is 1. The maximum atomic E-state index is 11.0. The number of carbonyl (C=O) groups is 1. The predicted molar refractivity (Wildman–Crippen MR) is 58.6 cm³/mol. The molecule has 6 heteroatoms. The van der Waals surface area contributed by atoms with Crippen LogP contribution in [0.15, 0.2) is 29.4 Å². The number of halogens is 1. The second-order valence-electron chi connectivity index (χ2n) is 2.77. The van der Waals surface area contributed by atoms with Crippen molar-refractivity contribution in [2.45, 2.75) is 6.54 Å². The van der Waals surface area contributed by atoms with Crippen LogP contribution in [0, 0.1) is 0 Å². The van der Waals surface area contributed by atoms with E-state index < -0.39 is 0 Å². The van der Waals surface area contributed by atoms with E-state index in [1.165, 1.54) is 0 Å². The van der Waals surface area contributed by atoms with Gasteiger partial charge in [-0.2, -0.15) is 0 Å². The molecule has 78 valence electrons. The zero-order valence-corrected chi connectivity index (χ0v) is 8.61. The number of alkyl halides is 1. The number of nitrogens with one attached hydrogen (secondary N) is 1. The van der Waals surface area contributed by atoms with Crippen molar-refractivity contribution in [3.8, 4) is 0 Å². The maximum Gasteiger partial charge on any atom is 0.239 e. The Labute approximate surface area is 91.7 Å². The van der Waals surface area contributed by atoms with Gasteiger partial charge in [0.1, 0.15) is 5.88 Å². The SMILES string of the molecule is [N-]=[N+]=NCc1cccc(NC(=O)CCl)c1. The first-order chi connectivity index (χ1) is 7.26. The van der Waals surface area contributed by atoms with Crippen LogP contribution in [0.25, 0.3) is 10.4 Å². The highest BCUT2D eigenvalue weighted by molar-refractivity contribution is 6.29. The highest BCUT2D eigenvalue weighted by Gasteiger charge is 2.00. The van der Waals surface area contributed by atoms with Gasteiger partial charge in [0.15, 0.2) is 0 Å². The molecular weight excluding hydrogens is 216 g/mol. The quantitative estimate of drug-likeness (QED) is 0.363. The molecule has 0 aromatic heterocycles. The van der Waals surface area contributed by atoms with Crippen LogP contribution >= 0.6 is 11.6 Å². The highest BCUT2D eigenvalue weighted by atomic mass is 35.5. The Kier molecular flexibility index (Phi) is 4.47. The minimum absolute atomic E-state index is 0.0828. The Morgan fingerprint density at radius 2 is 2.40 bits per heavy atom. The number of hydrogen-bond donors (Lipinski definition) is 1. The molecule has 0 radical (unpaired) electrons. The topological polar surface area (TPSA) is 77.9 Å². The molecule has 0 spiro atoms. The standard InChI is InChI=1S/C9H9ClN4O/c10-5-9(15)13-8-3-1-2-7(4-8)6-12-14-11/h1-4H,5-6H2,(H,13,15). The highest BCUT2D eigenvalue weighted by Crippen LogP contribution is 2.11. The molecule has 0 aliphatic heterocycles. The summed E-state index contributed by atoms with van der Waals surface area (Å²) in [5.41, 5.74) is 9.63. The molecular formula is C9H9ClN4O. The van der Waals surface area contributed by atoms with Crippen molar-refractivity contribution in [2.24, 2.45) is 5.11 Å². The van der Waals surface area contributed by atoms with Crippen LogP contribution in [0.1, 0.15) is 5.56 Å². The number of azide groups is 1. The number of amides is 1. The molecule has 0 unspecified atom stereocenters. The molecule has 15 heavy (non-hydrogen) atoms. The molecule has 0 saturated heterocycles. The van der Waals surface area contributed by atoms with Crippen LogP contribution in [0.2, 0.25) is 0 Å². The van der Waals surface area contributed by atoms with Gasteiger partial charge in [-0.15, -0.1) is 11.6 Å². The van der Waals surface area contributed by atoms with E-state index in [1.807, 2.05) is 6.07 Å². The monoisotopic (exact) mass is 224 g/mol. The second-order valence-corrected chi connectivity index (χ2v) is 3.04. The van der Waals surface area contributed by atoms with E-state index in [4.69, 9.17) is 17.1 Å². The zero-order chi connectivity index (χ0) is 11.1. The maximum absolute atomic E-state index is 11.0. The van der Waals surface area contributed by atoms with E-state index in [0.717, 1.165) is 5.56 Å². The fourth-order valence-electron chi connectivity index (χ4n) is 1.06. The molecule has 0 fully saturated rings. The lowest BCUT2D eigenvalue weighted by molar-refractivity contribution is -0.113. The predicted octanol–water partition coefficient (Wildman–Crippen LogP) is 2.67. The van der Waals surface area contributed by atoms with Crippen molar-refractivity contribution in [2.75, 3.05) is 11.2 Å². The number of carbonyl (C=O) groups excluding carboxylic acids is 1. The summed E-state index contributed by atoms with van der Waals surface area (Å²) in [4.78, 5) is 13.6. The van der Waals surface area contributed by atoms with Gasteiger partial charge >= 0.3 is 0 Å². The van der Waals surface area contributed by atoms with E-state index >= 15 is 0 Å². The Morgan fingerprint density at radius 1 is 1.60 bits per heavy atom. The minimum Gasteiger partial charge on any atom is -0.325 e. The number of benzene rings is 1. The third-order valence-corrected chi connectivity index (χ3v) is 1.89. The molecule has 1 amide bonds. The van der Waals surface area contributed by atoms with Gasteiger partial charge in [-0.1, -0.05) is 17.2 Å². The lowest BCUT2D eigenvalue weighted by Crippen LogP contribution is -2.12. The van der Waals surface area contributed by atoms with E-state index in [-0.39, 0.29) is 18.3 Å². The zero-order valence-electron chi connectivity index (χ0n) is 7.85. The van der Waals surface area contributed by atoms with E-state index in [9.17, 15) is 4.79 Å². The van der Waals surface area contributed by atoms with E-state index in [1.54, 1.807) is 18.2 Å². The average Bonchev–Trinajstić information content (AvgIpc) is 2.26. The lowest BCUT2D eigenvalue weighted by atomic mass is 10.2. The van der Waals surface area contributed by atoms with Gasteiger partial charge in [-0.25, -0.2) is 0 Å². The molecule has 0 aliphatic carbocycles. The number of hydrogen-bond acceptors (Lipinski definition) is 2. The summed E-state index contributed by atoms with van der Waals surface area (Å²) in [6, 6.07) is 7.06. The molecule has 1 N–H and O–H groups in total. The van der Waals surface area contributed by atoms with E-state index in [2.05, 4.69) is 15.3 Å². The van der Waals surface area contributed by atoms with Gasteiger partial charge < -0.3 is 5.32 Å². The third-order valence-electron chi connectivity index (χ3n) is 1.65. The smallest absolute Gasteiger partial charge is 0.239 e. The molecule has 0 saturated carbocycles. The van der Waals surface area contributed by atoms with Crippen LogP contribution in [0.5, 0.6) is 0 Å². The average molecular weight is 225 g/mol. The Hall–Kier alpha value is -1.71.